The number of urea groups is 1. The number of anilines is 1. The first-order valence-corrected chi connectivity index (χ1v) is 12.1. The van der Waals surface area contributed by atoms with E-state index in [9.17, 15) is 9.18 Å². The third-order valence-electron chi connectivity index (χ3n) is 6.65. The molecular formula is C23H28ClFN8O. The number of hydrogen-bond acceptors (Lipinski definition) is 6. The van der Waals surface area contributed by atoms with Gasteiger partial charge >= 0.3 is 6.03 Å². The zero-order valence-electron chi connectivity index (χ0n) is 19.3. The second-order valence-corrected chi connectivity index (χ2v) is 9.82. The van der Waals surface area contributed by atoms with Crippen LogP contribution in [0.1, 0.15) is 39.0 Å². The van der Waals surface area contributed by atoms with Crippen molar-refractivity contribution in [2.45, 2.75) is 51.1 Å². The molecule has 3 atom stereocenters. The summed E-state index contributed by atoms with van der Waals surface area (Å²) in [6, 6.07) is 1.79. The lowest BCUT2D eigenvalue weighted by molar-refractivity contribution is 0.198. The molecule has 1 aliphatic heterocycles. The molecule has 9 nitrogen and oxygen atoms in total. The van der Waals surface area contributed by atoms with Gasteiger partial charge in [-0.25, -0.2) is 28.8 Å². The number of likely N-dealkylation sites (tertiary alicyclic amines) is 1. The minimum atomic E-state index is -0.530. The average molecular weight is 487 g/mol. The molecule has 4 heterocycles. The number of rotatable bonds is 4. The van der Waals surface area contributed by atoms with E-state index in [2.05, 4.69) is 37.6 Å². The Kier molecular flexibility index (Phi) is 6.24. The SMILES string of the molecule is CC1CCN(C(=O)N[C@@H]2CCCC(Nc3nc(-c4nn(C)c5ncc(Cl)cc45)ncc3F)C2)C1. The summed E-state index contributed by atoms with van der Waals surface area (Å²) in [5.74, 6) is 0.438. The van der Waals surface area contributed by atoms with E-state index < -0.39 is 5.82 Å². The number of aromatic nitrogens is 5. The number of nitrogens with one attached hydrogen (secondary N) is 2. The van der Waals surface area contributed by atoms with Gasteiger partial charge in [-0.05, 0) is 44.1 Å². The molecule has 2 N–H and O–H groups in total. The molecule has 3 aromatic heterocycles. The van der Waals surface area contributed by atoms with Crippen LogP contribution in [0.25, 0.3) is 22.6 Å². The highest BCUT2D eigenvalue weighted by Gasteiger charge is 2.28. The average Bonchev–Trinajstić information content (AvgIpc) is 3.39. The minimum Gasteiger partial charge on any atom is -0.365 e. The molecule has 11 heteroatoms. The van der Waals surface area contributed by atoms with Crippen LogP contribution in [0.4, 0.5) is 15.0 Å². The number of halogens is 2. The molecule has 0 spiro atoms. The Hall–Kier alpha value is -3.01. The first kappa shape index (κ1) is 22.8. The molecule has 0 bridgehead atoms. The van der Waals surface area contributed by atoms with Crippen LogP contribution in [0, 0.1) is 11.7 Å². The van der Waals surface area contributed by atoms with Crippen molar-refractivity contribution in [3.63, 3.8) is 0 Å². The van der Waals surface area contributed by atoms with Crippen LogP contribution in [-0.4, -0.2) is 60.8 Å². The first-order chi connectivity index (χ1) is 16.4. The van der Waals surface area contributed by atoms with Crippen molar-refractivity contribution in [3.8, 4) is 11.5 Å². The lowest BCUT2D eigenvalue weighted by atomic mass is 9.91. The Morgan fingerprint density at radius 1 is 1.21 bits per heavy atom. The molecule has 2 amide bonds. The van der Waals surface area contributed by atoms with E-state index in [1.165, 1.54) is 0 Å². The fourth-order valence-electron chi connectivity index (χ4n) is 4.89. The molecule has 5 rings (SSSR count). The van der Waals surface area contributed by atoms with Crippen LogP contribution in [0.2, 0.25) is 5.02 Å². The zero-order valence-corrected chi connectivity index (χ0v) is 20.0. The van der Waals surface area contributed by atoms with E-state index in [4.69, 9.17) is 11.6 Å². The molecule has 1 aliphatic carbocycles. The Bertz CT molecular complexity index is 1220. The Balaban J connectivity index is 1.31. The fraction of sp³-hybridized carbons (Fsp3) is 0.522. The van der Waals surface area contributed by atoms with E-state index in [1.54, 1.807) is 24.0 Å². The van der Waals surface area contributed by atoms with E-state index in [1.807, 2.05) is 4.90 Å². The van der Waals surface area contributed by atoms with Crippen LogP contribution in [0.5, 0.6) is 0 Å². The summed E-state index contributed by atoms with van der Waals surface area (Å²) in [6.07, 6.45) is 7.19. The van der Waals surface area contributed by atoms with Crippen molar-refractivity contribution >= 4 is 34.5 Å². The number of pyridine rings is 1. The number of aryl methyl sites for hydroxylation is 1. The Morgan fingerprint density at radius 2 is 2.03 bits per heavy atom. The molecule has 2 fully saturated rings. The number of hydrogen-bond donors (Lipinski definition) is 2. The number of nitrogens with zero attached hydrogens (tertiary/aromatic N) is 6. The highest BCUT2D eigenvalue weighted by Crippen LogP contribution is 2.29. The largest absolute Gasteiger partial charge is 0.365 e. The Labute approximate surface area is 202 Å². The Morgan fingerprint density at radius 3 is 2.82 bits per heavy atom. The maximum absolute atomic E-state index is 14.6. The predicted octanol–water partition coefficient (Wildman–Crippen LogP) is 3.99. The predicted molar refractivity (Wildman–Crippen MR) is 128 cm³/mol. The number of carbonyl (C=O) groups is 1. The standard InChI is InChI=1S/C23H28ClFN8O/c1-13-6-7-33(12-13)23(34)29-16-5-3-4-15(9-16)28-20-18(25)11-26-21(30-20)19-17-8-14(24)10-27-22(17)32(2)31-19/h8,10-11,13,15-16H,3-7,9,12H2,1-2H3,(H,29,34)(H,26,28,30)/t13?,15?,16-/m1/s1. The second kappa shape index (κ2) is 9.32. The number of amides is 2. The van der Waals surface area contributed by atoms with E-state index in [-0.39, 0.29) is 23.9 Å². The fourth-order valence-corrected chi connectivity index (χ4v) is 5.05. The summed E-state index contributed by atoms with van der Waals surface area (Å²) >= 11 is 6.13. The van der Waals surface area contributed by atoms with Gasteiger partial charge in [-0.15, -0.1) is 0 Å². The van der Waals surface area contributed by atoms with Crippen molar-refractivity contribution in [2.75, 3.05) is 18.4 Å². The van der Waals surface area contributed by atoms with Crippen LogP contribution in [-0.2, 0) is 7.05 Å². The van der Waals surface area contributed by atoms with Gasteiger partial charge in [0.2, 0.25) is 0 Å². The molecule has 180 valence electrons. The quantitative estimate of drug-likeness (QED) is 0.578. The number of carbonyl (C=O) groups excluding carboxylic acids is 1. The third-order valence-corrected chi connectivity index (χ3v) is 6.86. The number of fused-ring (bicyclic) bond motifs is 1. The summed E-state index contributed by atoms with van der Waals surface area (Å²) < 4.78 is 16.3. The van der Waals surface area contributed by atoms with Gasteiger partial charge in [0.1, 0.15) is 5.69 Å². The lowest BCUT2D eigenvalue weighted by Crippen LogP contribution is -2.47. The third kappa shape index (κ3) is 4.64. The molecule has 34 heavy (non-hydrogen) atoms. The van der Waals surface area contributed by atoms with Crippen molar-refractivity contribution in [2.24, 2.45) is 13.0 Å². The molecule has 1 saturated carbocycles. The summed E-state index contributed by atoms with van der Waals surface area (Å²) in [5, 5.41) is 12.0. The van der Waals surface area contributed by atoms with Gasteiger partial charge in [0.15, 0.2) is 23.1 Å². The van der Waals surface area contributed by atoms with Crippen molar-refractivity contribution in [1.82, 2.24) is 34.9 Å². The van der Waals surface area contributed by atoms with Gasteiger partial charge in [-0.2, -0.15) is 5.10 Å². The molecule has 2 aliphatic rings. The summed E-state index contributed by atoms with van der Waals surface area (Å²) in [4.78, 5) is 27.4. The van der Waals surface area contributed by atoms with Gasteiger partial charge in [0.05, 0.1) is 16.6 Å². The highest BCUT2D eigenvalue weighted by atomic mass is 35.5. The smallest absolute Gasteiger partial charge is 0.317 e. The summed E-state index contributed by atoms with van der Waals surface area (Å²) in [5.41, 5.74) is 1.13. The summed E-state index contributed by atoms with van der Waals surface area (Å²) in [6.45, 7) is 3.77. The second-order valence-electron chi connectivity index (χ2n) is 9.38. The van der Waals surface area contributed by atoms with Crippen LogP contribution < -0.4 is 10.6 Å². The van der Waals surface area contributed by atoms with E-state index in [0.717, 1.165) is 45.0 Å². The normalized spacial score (nSPS) is 22.8. The van der Waals surface area contributed by atoms with Gasteiger partial charge in [-0.3, -0.25) is 0 Å². The van der Waals surface area contributed by atoms with Crippen LogP contribution in [0.3, 0.4) is 0 Å². The molecule has 0 radical (unpaired) electrons. The molecular weight excluding hydrogens is 459 g/mol. The van der Waals surface area contributed by atoms with Crippen LogP contribution in [0.15, 0.2) is 18.5 Å². The monoisotopic (exact) mass is 486 g/mol. The zero-order chi connectivity index (χ0) is 23.8. The highest BCUT2D eigenvalue weighted by molar-refractivity contribution is 6.31. The van der Waals surface area contributed by atoms with Crippen molar-refractivity contribution < 1.29 is 9.18 Å². The topological polar surface area (TPSA) is 101 Å². The maximum Gasteiger partial charge on any atom is 0.317 e. The van der Waals surface area contributed by atoms with Crippen molar-refractivity contribution in [3.05, 3.63) is 29.3 Å². The first-order valence-electron chi connectivity index (χ1n) is 11.7. The van der Waals surface area contributed by atoms with Gasteiger partial charge in [0, 0.05) is 38.4 Å². The minimum absolute atomic E-state index is 0.000182. The van der Waals surface area contributed by atoms with Crippen LogP contribution >= 0.6 is 11.6 Å². The van der Waals surface area contributed by atoms with Gasteiger partial charge < -0.3 is 15.5 Å². The van der Waals surface area contributed by atoms with Gasteiger partial charge in [-0.1, -0.05) is 18.5 Å². The lowest BCUT2D eigenvalue weighted by Gasteiger charge is -2.32. The molecule has 1 saturated heterocycles. The van der Waals surface area contributed by atoms with E-state index in [0.29, 0.717) is 39.9 Å². The van der Waals surface area contributed by atoms with Gasteiger partial charge in [0.25, 0.3) is 0 Å². The molecule has 2 unspecified atom stereocenters. The summed E-state index contributed by atoms with van der Waals surface area (Å²) in [7, 11) is 1.77. The molecule has 3 aromatic rings. The van der Waals surface area contributed by atoms with Crippen molar-refractivity contribution in [1.29, 1.82) is 0 Å². The molecule has 0 aromatic carbocycles. The maximum atomic E-state index is 14.6. The van der Waals surface area contributed by atoms with E-state index >= 15 is 0 Å².